The number of hydrogen-bond acceptors (Lipinski definition) is 8. The van der Waals surface area contributed by atoms with Gasteiger partial charge in [0.05, 0.1) is 12.0 Å². The molecule has 1 amide bonds. The highest BCUT2D eigenvalue weighted by molar-refractivity contribution is 7.99. The number of thiophene rings is 1. The molecule has 0 fully saturated rings. The standard InChI is InChI=1S/C17H19N7OS2/c1-11-5-6-13(8-12(11)2)20-15(25)10-27-17-23-22-16(24(17)18)21-19-9-14-4-3-7-26-14/h3-9H,10,18H2,1-2H3,(H,20,25)(H,21,22)/b19-9+. The first-order valence-corrected chi connectivity index (χ1v) is 9.92. The fraction of sp³-hybridized carbons (Fsp3) is 0.176. The van der Waals surface area contributed by atoms with Gasteiger partial charge in [-0.05, 0) is 48.6 Å². The van der Waals surface area contributed by atoms with Crippen LogP contribution in [0.5, 0.6) is 0 Å². The van der Waals surface area contributed by atoms with Crippen molar-refractivity contribution in [2.45, 2.75) is 19.0 Å². The number of hydrazone groups is 1. The number of amides is 1. The minimum atomic E-state index is -0.142. The van der Waals surface area contributed by atoms with E-state index in [0.717, 1.165) is 16.1 Å². The first-order chi connectivity index (χ1) is 13.0. The number of nitrogens with two attached hydrogens (primary N) is 1. The lowest BCUT2D eigenvalue weighted by molar-refractivity contribution is -0.113. The number of aryl methyl sites for hydroxylation is 2. The van der Waals surface area contributed by atoms with Gasteiger partial charge in [-0.1, -0.05) is 23.9 Å². The van der Waals surface area contributed by atoms with Crippen LogP contribution in [0.2, 0.25) is 0 Å². The molecule has 8 nitrogen and oxygen atoms in total. The van der Waals surface area contributed by atoms with E-state index in [9.17, 15) is 4.79 Å². The number of nitrogens with one attached hydrogen (secondary N) is 2. The van der Waals surface area contributed by atoms with Gasteiger partial charge in [-0.2, -0.15) is 5.10 Å². The van der Waals surface area contributed by atoms with Crippen LogP contribution in [0.1, 0.15) is 16.0 Å². The molecule has 0 aliphatic rings. The second kappa shape index (κ2) is 8.69. The summed E-state index contributed by atoms with van der Waals surface area (Å²) in [6, 6.07) is 9.68. The third kappa shape index (κ3) is 5.08. The van der Waals surface area contributed by atoms with E-state index < -0.39 is 0 Å². The highest BCUT2D eigenvalue weighted by Gasteiger charge is 2.12. The predicted molar refractivity (Wildman–Crippen MR) is 111 cm³/mol. The zero-order chi connectivity index (χ0) is 19.2. The van der Waals surface area contributed by atoms with Crippen molar-refractivity contribution >= 4 is 46.9 Å². The summed E-state index contributed by atoms with van der Waals surface area (Å²) in [7, 11) is 0. The van der Waals surface area contributed by atoms with Crippen molar-refractivity contribution in [1.82, 2.24) is 14.9 Å². The van der Waals surface area contributed by atoms with Crippen LogP contribution in [-0.4, -0.2) is 32.7 Å². The Balaban J connectivity index is 1.52. The molecule has 0 bridgehead atoms. The van der Waals surface area contributed by atoms with Gasteiger partial charge in [-0.25, -0.2) is 10.1 Å². The van der Waals surface area contributed by atoms with E-state index in [2.05, 4.69) is 26.0 Å². The Morgan fingerprint density at radius 2 is 2.19 bits per heavy atom. The van der Waals surface area contributed by atoms with E-state index >= 15 is 0 Å². The van der Waals surface area contributed by atoms with Crippen LogP contribution in [-0.2, 0) is 4.79 Å². The summed E-state index contributed by atoms with van der Waals surface area (Å²) in [5, 5.41) is 17.2. The molecule has 2 aromatic heterocycles. The molecule has 3 rings (SSSR count). The number of rotatable bonds is 7. The van der Waals surface area contributed by atoms with Crippen molar-refractivity contribution in [2.24, 2.45) is 5.10 Å². The molecule has 10 heteroatoms. The molecule has 0 aliphatic carbocycles. The summed E-state index contributed by atoms with van der Waals surface area (Å²) in [6.07, 6.45) is 1.67. The minimum absolute atomic E-state index is 0.142. The molecule has 4 N–H and O–H groups in total. The maximum absolute atomic E-state index is 12.1. The summed E-state index contributed by atoms with van der Waals surface area (Å²) >= 11 is 2.77. The molecule has 0 aliphatic heterocycles. The molecule has 0 radical (unpaired) electrons. The highest BCUT2D eigenvalue weighted by atomic mass is 32.2. The number of hydrogen-bond donors (Lipinski definition) is 3. The molecule has 0 spiro atoms. The van der Waals surface area contributed by atoms with Gasteiger partial charge >= 0.3 is 0 Å². The second-order valence-electron chi connectivity index (χ2n) is 5.70. The van der Waals surface area contributed by atoms with E-state index in [0.29, 0.717) is 11.1 Å². The minimum Gasteiger partial charge on any atom is -0.334 e. The first-order valence-electron chi connectivity index (χ1n) is 8.06. The Bertz CT molecular complexity index is 950. The monoisotopic (exact) mass is 401 g/mol. The number of carbonyl (C=O) groups excluding carboxylic acids is 1. The maximum Gasteiger partial charge on any atom is 0.264 e. The molecule has 0 atom stereocenters. The van der Waals surface area contributed by atoms with Crippen molar-refractivity contribution in [1.29, 1.82) is 0 Å². The Kier molecular flexibility index (Phi) is 6.09. The normalized spacial score (nSPS) is 11.0. The zero-order valence-electron chi connectivity index (χ0n) is 14.8. The van der Waals surface area contributed by atoms with Crippen LogP contribution in [0.15, 0.2) is 46.0 Å². The molecular weight excluding hydrogens is 382 g/mol. The lowest BCUT2D eigenvalue weighted by atomic mass is 10.1. The van der Waals surface area contributed by atoms with E-state index in [-0.39, 0.29) is 11.7 Å². The van der Waals surface area contributed by atoms with Gasteiger partial charge in [0.25, 0.3) is 5.95 Å². The largest absolute Gasteiger partial charge is 0.334 e. The van der Waals surface area contributed by atoms with Crippen molar-refractivity contribution in [2.75, 3.05) is 22.3 Å². The van der Waals surface area contributed by atoms with E-state index in [1.165, 1.54) is 22.0 Å². The molecule has 3 aromatic rings. The molecule has 1 aromatic carbocycles. The topological polar surface area (TPSA) is 110 Å². The Morgan fingerprint density at radius 1 is 1.33 bits per heavy atom. The summed E-state index contributed by atoms with van der Waals surface area (Å²) in [4.78, 5) is 13.1. The van der Waals surface area contributed by atoms with Crippen molar-refractivity contribution in [3.8, 4) is 0 Å². The number of thioether (sulfide) groups is 1. The third-order valence-electron chi connectivity index (χ3n) is 3.69. The number of aromatic nitrogens is 3. The van der Waals surface area contributed by atoms with Crippen LogP contribution in [0, 0.1) is 13.8 Å². The van der Waals surface area contributed by atoms with Gasteiger partial charge in [0.2, 0.25) is 11.1 Å². The van der Waals surface area contributed by atoms with Gasteiger partial charge in [-0.15, -0.1) is 21.5 Å². The number of benzene rings is 1. The van der Waals surface area contributed by atoms with Crippen LogP contribution >= 0.6 is 23.1 Å². The number of carbonyl (C=O) groups is 1. The second-order valence-corrected chi connectivity index (χ2v) is 7.62. The SMILES string of the molecule is Cc1ccc(NC(=O)CSc2nnc(N/N=C/c3cccs3)n2N)cc1C. The lowest BCUT2D eigenvalue weighted by Crippen LogP contribution is -2.17. The van der Waals surface area contributed by atoms with E-state index in [4.69, 9.17) is 5.84 Å². The van der Waals surface area contributed by atoms with Gasteiger partial charge in [0.1, 0.15) is 0 Å². The number of nitrogen functional groups attached to an aromatic ring is 1. The molecular formula is C17H19N7OS2. The Hall–Kier alpha value is -2.85. The quantitative estimate of drug-likeness (QED) is 0.243. The van der Waals surface area contributed by atoms with E-state index in [1.54, 1.807) is 17.6 Å². The number of nitrogens with zero attached hydrogens (tertiary/aromatic N) is 4. The maximum atomic E-state index is 12.1. The lowest BCUT2D eigenvalue weighted by Gasteiger charge is -2.07. The fourth-order valence-corrected chi connectivity index (χ4v) is 3.36. The van der Waals surface area contributed by atoms with Crippen molar-refractivity contribution in [3.63, 3.8) is 0 Å². The van der Waals surface area contributed by atoms with Gasteiger partial charge in [0.15, 0.2) is 0 Å². The van der Waals surface area contributed by atoms with Crippen LogP contribution in [0.3, 0.4) is 0 Å². The van der Waals surface area contributed by atoms with Crippen molar-refractivity contribution < 1.29 is 4.79 Å². The average Bonchev–Trinajstić information content (AvgIpc) is 3.27. The molecule has 140 valence electrons. The average molecular weight is 402 g/mol. The molecule has 2 heterocycles. The molecule has 0 saturated heterocycles. The highest BCUT2D eigenvalue weighted by Crippen LogP contribution is 2.18. The molecule has 27 heavy (non-hydrogen) atoms. The van der Waals surface area contributed by atoms with Crippen LogP contribution < -0.4 is 16.6 Å². The fourth-order valence-electron chi connectivity index (χ4n) is 2.12. The number of anilines is 2. The first kappa shape index (κ1) is 18.9. The predicted octanol–water partition coefficient (Wildman–Crippen LogP) is 2.85. The van der Waals surface area contributed by atoms with Gasteiger partial charge < -0.3 is 11.2 Å². The summed E-state index contributed by atoms with van der Waals surface area (Å²) in [5.74, 6) is 6.26. The zero-order valence-corrected chi connectivity index (χ0v) is 16.5. The molecule has 0 unspecified atom stereocenters. The van der Waals surface area contributed by atoms with Crippen LogP contribution in [0.25, 0.3) is 0 Å². The molecule has 0 saturated carbocycles. The summed E-state index contributed by atoms with van der Waals surface area (Å²) < 4.78 is 1.26. The van der Waals surface area contributed by atoms with Gasteiger partial charge in [0, 0.05) is 10.6 Å². The third-order valence-corrected chi connectivity index (χ3v) is 5.44. The smallest absolute Gasteiger partial charge is 0.264 e. The Morgan fingerprint density at radius 3 is 2.93 bits per heavy atom. The van der Waals surface area contributed by atoms with Crippen molar-refractivity contribution in [3.05, 3.63) is 51.7 Å². The Labute approximate surface area is 164 Å². The summed E-state index contributed by atoms with van der Waals surface area (Å²) in [6.45, 7) is 4.03. The van der Waals surface area contributed by atoms with Crippen LogP contribution in [0.4, 0.5) is 11.6 Å². The van der Waals surface area contributed by atoms with Gasteiger partial charge in [-0.3, -0.25) is 4.79 Å². The van der Waals surface area contributed by atoms with E-state index in [1.807, 2.05) is 49.6 Å². The summed E-state index contributed by atoms with van der Waals surface area (Å²) in [5.41, 5.74) is 5.81.